The summed E-state index contributed by atoms with van der Waals surface area (Å²) in [7, 11) is 0. The van der Waals surface area contributed by atoms with E-state index in [0.717, 1.165) is 13.1 Å². The summed E-state index contributed by atoms with van der Waals surface area (Å²) in [5.74, 6) is 0. The molecular formula is C16H21NS. The van der Waals surface area contributed by atoms with Gasteiger partial charge in [0, 0.05) is 16.3 Å². The van der Waals surface area contributed by atoms with Crippen LogP contribution in [0.1, 0.15) is 29.3 Å². The largest absolute Gasteiger partial charge is 0.312 e. The van der Waals surface area contributed by atoms with Crippen molar-refractivity contribution in [1.29, 1.82) is 0 Å². The Kier molecular flexibility index (Phi) is 4.56. The van der Waals surface area contributed by atoms with Gasteiger partial charge in [0.25, 0.3) is 0 Å². The molecule has 0 aliphatic carbocycles. The van der Waals surface area contributed by atoms with Crippen LogP contribution < -0.4 is 5.32 Å². The van der Waals surface area contributed by atoms with Gasteiger partial charge in [-0.2, -0.15) is 0 Å². The fraction of sp³-hybridized carbons (Fsp3) is 0.375. The second kappa shape index (κ2) is 6.17. The first-order valence-electron chi connectivity index (χ1n) is 6.57. The molecule has 0 fully saturated rings. The van der Waals surface area contributed by atoms with Crippen LogP contribution in [0, 0.1) is 13.8 Å². The molecule has 0 radical (unpaired) electrons. The Bertz CT molecular complexity index is 493. The van der Waals surface area contributed by atoms with Gasteiger partial charge in [0.1, 0.15) is 0 Å². The lowest BCUT2D eigenvalue weighted by Crippen LogP contribution is -2.12. The van der Waals surface area contributed by atoms with E-state index >= 15 is 0 Å². The van der Waals surface area contributed by atoms with Gasteiger partial charge in [-0.1, -0.05) is 36.2 Å². The number of benzene rings is 1. The molecule has 2 aromatic rings. The Hall–Kier alpha value is -1.12. The molecule has 1 nitrogen and oxygen atoms in total. The molecule has 2 heteroatoms. The molecule has 1 N–H and O–H groups in total. The summed E-state index contributed by atoms with van der Waals surface area (Å²) in [6, 6.07) is 11.2. The molecule has 0 bridgehead atoms. The highest BCUT2D eigenvalue weighted by Crippen LogP contribution is 2.29. The Morgan fingerprint density at radius 2 is 1.78 bits per heavy atom. The average Bonchev–Trinajstić information content (AvgIpc) is 2.77. The number of aryl methyl sites for hydroxylation is 2. The number of rotatable bonds is 5. The highest BCUT2D eigenvalue weighted by atomic mass is 32.1. The second-order valence-corrected chi connectivity index (χ2v) is 5.99. The first kappa shape index (κ1) is 13.3. The van der Waals surface area contributed by atoms with E-state index < -0.39 is 0 Å². The number of nitrogens with one attached hydrogen (secondary N) is 1. The molecule has 18 heavy (non-hydrogen) atoms. The minimum atomic E-state index is 0.989. The van der Waals surface area contributed by atoms with Crippen molar-refractivity contribution in [3.05, 3.63) is 46.3 Å². The predicted molar refractivity (Wildman–Crippen MR) is 81.2 cm³/mol. The van der Waals surface area contributed by atoms with Gasteiger partial charge in [-0.15, -0.1) is 11.3 Å². The lowest BCUT2D eigenvalue weighted by Gasteiger charge is -2.02. The van der Waals surface area contributed by atoms with E-state index in [9.17, 15) is 0 Å². The maximum absolute atomic E-state index is 3.45. The van der Waals surface area contributed by atoms with Crippen LogP contribution in [-0.2, 0) is 6.54 Å². The van der Waals surface area contributed by atoms with Crippen molar-refractivity contribution in [3.63, 3.8) is 0 Å². The predicted octanol–water partition coefficient (Wildman–Crippen LogP) is 4.53. The molecule has 0 saturated carbocycles. The fourth-order valence-electron chi connectivity index (χ4n) is 2.13. The zero-order valence-electron chi connectivity index (χ0n) is 11.4. The molecule has 0 unspecified atom stereocenters. The zero-order chi connectivity index (χ0) is 13.0. The summed E-state index contributed by atoms with van der Waals surface area (Å²) in [4.78, 5) is 2.78. The molecule has 0 aliphatic heterocycles. The quantitative estimate of drug-likeness (QED) is 0.778. The summed E-state index contributed by atoms with van der Waals surface area (Å²) < 4.78 is 0. The summed E-state index contributed by atoms with van der Waals surface area (Å²) in [6.45, 7) is 8.60. The molecule has 1 aromatic carbocycles. The lowest BCUT2D eigenvalue weighted by atomic mass is 10.1. The topological polar surface area (TPSA) is 12.0 Å². The Morgan fingerprint density at radius 1 is 1.06 bits per heavy atom. The summed E-state index contributed by atoms with van der Waals surface area (Å²) in [5.41, 5.74) is 4.02. The third kappa shape index (κ3) is 3.44. The number of thiophene rings is 1. The van der Waals surface area contributed by atoms with Crippen LogP contribution in [0.25, 0.3) is 10.4 Å². The van der Waals surface area contributed by atoms with E-state index in [1.54, 1.807) is 0 Å². The van der Waals surface area contributed by atoms with Crippen LogP contribution in [0.3, 0.4) is 0 Å². The third-order valence-electron chi connectivity index (χ3n) is 2.89. The number of hydrogen-bond donors (Lipinski definition) is 1. The maximum atomic E-state index is 3.45. The average molecular weight is 259 g/mol. The van der Waals surface area contributed by atoms with Gasteiger partial charge in [0.2, 0.25) is 0 Å². The Labute approximate surface area is 114 Å². The van der Waals surface area contributed by atoms with Crippen LogP contribution >= 0.6 is 11.3 Å². The second-order valence-electron chi connectivity index (χ2n) is 4.82. The van der Waals surface area contributed by atoms with Crippen molar-refractivity contribution in [2.75, 3.05) is 6.54 Å². The molecule has 0 atom stereocenters. The van der Waals surface area contributed by atoms with Crippen molar-refractivity contribution >= 4 is 11.3 Å². The molecule has 1 heterocycles. The van der Waals surface area contributed by atoms with Crippen LogP contribution in [0.15, 0.2) is 30.3 Å². The first-order valence-corrected chi connectivity index (χ1v) is 7.39. The summed E-state index contributed by atoms with van der Waals surface area (Å²) in [6.07, 6.45) is 1.19. The van der Waals surface area contributed by atoms with Crippen molar-refractivity contribution in [2.24, 2.45) is 0 Å². The smallest absolute Gasteiger partial charge is 0.0346 e. The van der Waals surface area contributed by atoms with Crippen molar-refractivity contribution in [1.82, 2.24) is 5.32 Å². The van der Waals surface area contributed by atoms with Gasteiger partial charge >= 0.3 is 0 Å². The summed E-state index contributed by atoms with van der Waals surface area (Å²) >= 11 is 1.89. The molecule has 0 amide bonds. The fourth-order valence-corrected chi connectivity index (χ4v) is 3.10. The Morgan fingerprint density at radius 3 is 2.44 bits per heavy atom. The molecule has 0 saturated heterocycles. The van der Waals surface area contributed by atoms with Crippen LogP contribution in [-0.4, -0.2) is 6.54 Å². The molecule has 0 spiro atoms. The van der Waals surface area contributed by atoms with E-state index in [-0.39, 0.29) is 0 Å². The minimum Gasteiger partial charge on any atom is -0.312 e. The van der Waals surface area contributed by atoms with Gasteiger partial charge in [0.15, 0.2) is 0 Å². The standard InChI is InChI=1S/C16H21NS/c1-4-7-17-11-15-5-6-16(18-15)14-9-12(2)8-13(3)10-14/h5-6,8-10,17H,4,7,11H2,1-3H3. The van der Waals surface area contributed by atoms with Gasteiger partial charge in [0.05, 0.1) is 0 Å². The van der Waals surface area contributed by atoms with Crippen LogP contribution in [0.4, 0.5) is 0 Å². The van der Waals surface area contributed by atoms with E-state index in [2.05, 4.69) is 56.4 Å². The lowest BCUT2D eigenvalue weighted by molar-refractivity contribution is 0.681. The minimum absolute atomic E-state index is 0.989. The van der Waals surface area contributed by atoms with E-state index in [1.165, 1.54) is 32.9 Å². The van der Waals surface area contributed by atoms with Gasteiger partial charge in [-0.05, 0) is 44.5 Å². The molecule has 0 aliphatic rings. The maximum Gasteiger partial charge on any atom is 0.0346 e. The zero-order valence-corrected chi connectivity index (χ0v) is 12.2. The molecule has 1 aromatic heterocycles. The monoisotopic (exact) mass is 259 g/mol. The van der Waals surface area contributed by atoms with Gasteiger partial charge in [-0.3, -0.25) is 0 Å². The van der Waals surface area contributed by atoms with Crippen molar-refractivity contribution < 1.29 is 0 Å². The third-order valence-corrected chi connectivity index (χ3v) is 4.03. The molecule has 2 rings (SSSR count). The van der Waals surface area contributed by atoms with Crippen LogP contribution in [0.5, 0.6) is 0 Å². The highest BCUT2D eigenvalue weighted by molar-refractivity contribution is 7.15. The van der Waals surface area contributed by atoms with E-state index in [0.29, 0.717) is 0 Å². The normalized spacial score (nSPS) is 10.8. The first-order chi connectivity index (χ1) is 8.69. The van der Waals surface area contributed by atoms with E-state index in [1.807, 2.05) is 11.3 Å². The van der Waals surface area contributed by atoms with Crippen molar-refractivity contribution in [2.45, 2.75) is 33.7 Å². The molecule has 96 valence electrons. The van der Waals surface area contributed by atoms with Crippen molar-refractivity contribution in [3.8, 4) is 10.4 Å². The Balaban J connectivity index is 2.13. The van der Waals surface area contributed by atoms with Crippen LogP contribution in [0.2, 0.25) is 0 Å². The van der Waals surface area contributed by atoms with Gasteiger partial charge < -0.3 is 5.32 Å². The highest BCUT2D eigenvalue weighted by Gasteiger charge is 2.04. The number of hydrogen-bond acceptors (Lipinski definition) is 2. The SMILES string of the molecule is CCCNCc1ccc(-c2cc(C)cc(C)c2)s1. The summed E-state index contributed by atoms with van der Waals surface area (Å²) in [5, 5.41) is 3.45. The van der Waals surface area contributed by atoms with Gasteiger partial charge in [-0.25, -0.2) is 0 Å². The molecular weight excluding hydrogens is 238 g/mol. The van der Waals surface area contributed by atoms with E-state index in [4.69, 9.17) is 0 Å².